The summed E-state index contributed by atoms with van der Waals surface area (Å²) in [4.78, 5) is 1.15. The monoisotopic (exact) mass is 299 g/mol. The van der Waals surface area contributed by atoms with Crippen LogP contribution in [0.3, 0.4) is 0 Å². The standard InChI is InChI=1S/C12H18ClN5S/c1-8(9-5-6-10(13)19-9)18-11(15-16-17-18)7-14-12(2,3)4/h5-6,8,14H,7H2,1-4H3. The van der Waals surface area contributed by atoms with Crippen molar-refractivity contribution in [2.24, 2.45) is 0 Å². The molecule has 19 heavy (non-hydrogen) atoms. The van der Waals surface area contributed by atoms with Crippen LogP contribution in [-0.2, 0) is 6.54 Å². The Morgan fingerprint density at radius 3 is 2.74 bits per heavy atom. The molecule has 0 aliphatic rings. The average molecular weight is 300 g/mol. The molecule has 104 valence electrons. The molecule has 2 aromatic rings. The molecule has 7 heteroatoms. The highest BCUT2D eigenvalue weighted by Gasteiger charge is 2.18. The summed E-state index contributed by atoms with van der Waals surface area (Å²) >= 11 is 7.53. The quantitative estimate of drug-likeness (QED) is 0.943. The number of thiophene rings is 1. The van der Waals surface area contributed by atoms with Gasteiger partial charge in [-0.3, -0.25) is 0 Å². The minimum absolute atomic E-state index is 0.0340. The highest BCUT2D eigenvalue weighted by Crippen LogP contribution is 2.28. The van der Waals surface area contributed by atoms with E-state index in [1.807, 2.05) is 16.8 Å². The van der Waals surface area contributed by atoms with E-state index in [1.165, 1.54) is 0 Å². The van der Waals surface area contributed by atoms with Gasteiger partial charge >= 0.3 is 0 Å². The van der Waals surface area contributed by atoms with Crippen molar-refractivity contribution in [3.05, 3.63) is 27.2 Å². The van der Waals surface area contributed by atoms with Crippen LogP contribution in [0.5, 0.6) is 0 Å². The van der Waals surface area contributed by atoms with E-state index >= 15 is 0 Å². The number of aromatic nitrogens is 4. The zero-order chi connectivity index (χ0) is 14.0. The maximum atomic E-state index is 5.97. The lowest BCUT2D eigenvalue weighted by Crippen LogP contribution is -2.36. The number of hydrogen-bond donors (Lipinski definition) is 1. The minimum Gasteiger partial charge on any atom is -0.305 e. The lowest BCUT2D eigenvalue weighted by molar-refractivity contribution is 0.404. The van der Waals surface area contributed by atoms with Crippen molar-refractivity contribution in [3.8, 4) is 0 Å². The van der Waals surface area contributed by atoms with Crippen molar-refractivity contribution >= 4 is 22.9 Å². The van der Waals surface area contributed by atoms with Crippen molar-refractivity contribution in [3.63, 3.8) is 0 Å². The second-order valence-corrected chi connectivity index (χ2v) is 7.21. The Labute approximate surface area is 122 Å². The Hall–Kier alpha value is -0.980. The maximum Gasteiger partial charge on any atom is 0.165 e. The molecule has 2 aromatic heterocycles. The van der Waals surface area contributed by atoms with Gasteiger partial charge in [0.2, 0.25) is 0 Å². The van der Waals surface area contributed by atoms with E-state index in [0.29, 0.717) is 6.54 Å². The minimum atomic E-state index is 0.0340. The summed E-state index contributed by atoms with van der Waals surface area (Å²) < 4.78 is 2.62. The van der Waals surface area contributed by atoms with Gasteiger partial charge in [-0.15, -0.1) is 16.4 Å². The van der Waals surface area contributed by atoms with E-state index in [0.717, 1.165) is 15.0 Å². The summed E-state index contributed by atoms with van der Waals surface area (Å²) in [5.74, 6) is 0.826. The van der Waals surface area contributed by atoms with Crippen molar-refractivity contribution in [2.45, 2.75) is 45.8 Å². The summed E-state index contributed by atoms with van der Waals surface area (Å²) in [7, 11) is 0. The van der Waals surface area contributed by atoms with E-state index in [1.54, 1.807) is 11.3 Å². The van der Waals surface area contributed by atoms with E-state index in [4.69, 9.17) is 11.6 Å². The molecule has 0 aromatic carbocycles. The van der Waals surface area contributed by atoms with E-state index in [9.17, 15) is 0 Å². The van der Waals surface area contributed by atoms with E-state index in [-0.39, 0.29) is 11.6 Å². The van der Waals surface area contributed by atoms with Gasteiger partial charge in [0.15, 0.2) is 5.82 Å². The van der Waals surface area contributed by atoms with Gasteiger partial charge in [-0.05, 0) is 50.3 Å². The fourth-order valence-corrected chi connectivity index (χ4v) is 2.75. The molecule has 0 aliphatic carbocycles. The van der Waals surface area contributed by atoms with E-state index in [2.05, 4.69) is 48.5 Å². The molecule has 0 aliphatic heterocycles. The van der Waals surface area contributed by atoms with Gasteiger partial charge in [0.05, 0.1) is 16.9 Å². The van der Waals surface area contributed by atoms with Crippen molar-refractivity contribution < 1.29 is 0 Å². The first-order valence-electron chi connectivity index (χ1n) is 6.14. The lowest BCUT2D eigenvalue weighted by Gasteiger charge is -2.20. The third-order valence-corrected chi connectivity index (χ3v) is 4.11. The third-order valence-electron chi connectivity index (χ3n) is 2.71. The summed E-state index contributed by atoms with van der Waals surface area (Å²) in [5, 5.41) is 15.3. The predicted octanol–water partition coefficient (Wildman–Crippen LogP) is 2.89. The highest BCUT2D eigenvalue weighted by atomic mass is 35.5. The summed E-state index contributed by atoms with van der Waals surface area (Å²) in [6, 6.07) is 4.00. The van der Waals surface area contributed by atoms with Crippen LogP contribution in [0.15, 0.2) is 12.1 Å². The largest absolute Gasteiger partial charge is 0.305 e. The second-order valence-electron chi connectivity index (χ2n) is 5.46. The molecule has 2 heterocycles. The number of nitrogens with zero attached hydrogens (tertiary/aromatic N) is 4. The van der Waals surface area contributed by atoms with Crippen LogP contribution in [-0.4, -0.2) is 25.7 Å². The first-order valence-corrected chi connectivity index (χ1v) is 7.33. The molecule has 0 fully saturated rings. The number of tetrazole rings is 1. The van der Waals surface area contributed by atoms with Gasteiger partial charge in [-0.1, -0.05) is 11.6 Å². The molecule has 0 saturated heterocycles. The molecule has 1 unspecified atom stereocenters. The van der Waals surface area contributed by atoms with Crippen LogP contribution >= 0.6 is 22.9 Å². The Kier molecular flexibility index (Phi) is 4.23. The molecular weight excluding hydrogens is 282 g/mol. The molecule has 0 bridgehead atoms. The molecular formula is C12H18ClN5S. The first kappa shape index (κ1) is 14.4. The van der Waals surface area contributed by atoms with Crippen LogP contribution in [0.2, 0.25) is 4.34 Å². The van der Waals surface area contributed by atoms with Gasteiger partial charge in [0.25, 0.3) is 0 Å². The SMILES string of the molecule is CC(c1ccc(Cl)s1)n1nnnc1CNC(C)(C)C. The third kappa shape index (κ3) is 3.75. The van der Waals surface area contributed by atoms with Crippen LogP contribution in [0.25, 0.3) is 0 Å². The van der Waals surface area contributed by atoms with E-state index < -0.39 is 0 Å². The predicted molar refractivity (Wildman–Crippen MR) is 77.6 cm³/mol. The Balaban J connectivity index is 2.15. The highest BCUT2D eigenvalue weighted by molar-refractivity contribution is 7.16. The average Bonchev–Trinajstić information content (AvgIpc) is 2.93. The molecule has 2 rings (SSSR count). The van der Waals surface area contributed by atoms with Crippen LogP contribution < -0.4 is 5.32 Å². The Morgan fingerprint density at radius 1 is 1.42 bits per heavy atom. The second kappa shape index (κ2) is 5.56. The number of nitrogens with one attached hydrogen (secondary N) is 1. The lowest BCUT2D eigenvalue weighted by atomic mass is 10.1. The zero-order valence-electron chi connectivity index (χ0n) is 11.5. The summed E-state index contributed by atoms with van der Waals surface area (Å²) in [6.07, 6.45) is 0. The number of rotatable bonds is 4. The summed E-state index contributed by atoms with van der Waals surface area (Å²) in [6.45, 7) is 9.05. The molecule has 1 atom stereocenters. The Morgan fingerprint density at radius 2 is 2.16 bits per heavy atom. The van der Waals surface area contributed by atoms with Gasteiger partial charge in [-0.25, -0.2) is 4.68 Å². The maximum absolute atomic E-state index is 5.97. The van der Waals surface area contributed by atoms with Crippen LogP contribution in [0.1, 0.15) is 44.4 Å². The number of hydrogen-bond acceptors (Lipinski definition) is 5. The Bertz CT molecular complexity index is 542. The summed E-state index contributed by atoms with van der Waals surface area (Å²) in [5.41, 5.74) is 0.0340. The van der Waals surface area contributed by atoms with Crippen LogP contribution in [0.4, 0.5) is 0 Å². The smallest absolute Gasteiger partial charge is 0.165 e. The molecule has 1 N–H and O–H groups in total. The van der Waals surface area contributed by atoms with Crippen LogP contribution in [0, 0.1) is 0 Å². The van der Waals surface area contributed by atoms with Gasteiger partial charge in [-0.2, -0.15) is 0 Å². The normalized spacial score (nSPS) is 13.7. The van der Waals surface area contributed by atoms with Gasteiger partial charge in [0, 0.05) is 10.4 Å². The topological polar surface area (TPSA) is 55.6 Å². The molecule has 0 saturated carbocycles. The van der Waals surface area contributed by atoms with Gasteiger partial charge in [0.1, 0.15) is 0 Å². The molecule has 5 nitrogen and oxygen atoms in total. The fourth-order valence-electron chi connectivity index (χ4n) is 1.65. The fraction of sp³-hybridized carbons (Fsp3) is 0.583. The van der Waals surface area contributed by atoms with Crippen molar-refractivity contribution in [1.29, 1.82) is 0 Å². The van der Waals surface area contributed by atoms with Crippen molar-refractivity contribution in [1.82, 2.24) is 25.5 Å². The molecule has 0 spiro atoms. The molecule has 0 radical (unpaired) electrons. The molecule has 0 amide bonds. The first-order chi connectivity index (χ1) is 8.87. The van der Waals surface area contributed by atoms with Gasteiger partial charge < -0.3 is 5.32 Å². The van der Waals surface area contributed by atoms with Crippen molar-refractivity contribution in [2.75, 3.05) is 0 Å². The number of halogens is 1. The zero-order valence-corrected chi connectivity index (χ0v) is 13.1.